The molecule has 25 heavy (non-hydrogen) atoms. The van der Waals surface area contributed by atoms with Gasteiger partial charge < -0.3 is 11.5 Å². The van der Waals surface area contributed by atoms with Crippen LogP contribution in [0.4, 0.5) is 11.6 Å². The second-order valence-electron chi connectivity index (χ2n) is 5.39. The Bertz CT molecular complexity index is 1230. The van der Waals surface area contributed by atoms with Gasteiger partial charge >= 0.3 is 0 Å². The molecule has 3 heterocycles. The summed E-state index contributed by atoms with van der Waals surface area (Å²) in [5, 5.41) is 19.5. The van der Waals surface area contributed by atoms with Crippen LogP contribution in [0.15, 0.2) is 36.4 Å². The molecule has 1 aromatic carbocycles. The average Bonchev–Trinajstić information content (AvgIpc) is 2.97. The molecule has 0 aliphatic heterocycles. The first-order chi connectivity index (χ1) is 12.1. The van der Waals surface area contributed by atoms with Gasteiger partial charge in [-0.15, -0.1) is 11.3 Å². The lowest BCUT2D eigenvalue weighted by Gasteiger charge is -2.08. The summed E-state index contributed by atoms with van der Waals surface area (Å²) in [6.45, 7) is 0. The number of nitrogens with zero attached hydrogens (tertiary/aromatic N) is 4. The Balaban J connectivity index is 2.22. The monoisotopic (exact) mass is 342 g/mol. The van der Waals surface area contributed by atoms with Crippen molar-refractivity contribution in [2.75, 3.05) is 11.5 Å². The van der Waals surface area contributed by atoms with Crippen LogP contribution in [0.2, 0.25) is 0 Å². The highest BCUT2D eigenvalue weighted by molar-refractivity contribution is 7.26. The molecule has 0 saturated heterocycles. The minimum atomic E-state index is 0.156. The first-order valence-corrected chi connectivity index (χ1v) is 8.13. The summed E-state index contributed by atoms with van der Waals surface area (Å²) in [5.41, 5.74) is 14.7. The van der Waals surface area contributed by atoms with Crippen molar-refractivity contribution in [1.82, 2.24) is 9.97 Å². The lowest BCUT2D eigenvalue weighted by atomic mass is 10.0. The van der Waals surface area contributed by atoms with E-state index >= 15 is 0 Å². The second kappa shape index (κ2) is 5.45. The van der Waals surface area contributed by atoms with E-state index in [0.717, 1.165) is 15.8 Å². The highest BCUT2D eigenvalue weighted by atomic mass is 32.1. The van der Waals surface area contributed by atoms with Gasteiger partial charge in [-0.25, -0.2) is 9.97 Å². The van der Waals surface area contributed by atoms with Crippen molar-refractivity contribution in [2.24, 2.45) is 0 Å². The van der Waals surface area contributed by atoms with Gasteiger partial charge in [0.25, 0.3) is 0 Å². The Morgan fingerprint density at radius 1 is 0.960 bits per heavy atom. The molecule has 118 valence electrons. The van der Waals surface area contributed by atoms with Crippen LogP contribution in [0, 0.1) is 22.7 Å². The van der Waals surface area contributed by atoms with Gasteiger partial charge in [-0.3, -0.25) is 0 Å². The summed E-state index contributed by atoms with van der Waals surface area (Å²) in [6, 6.07) is 15.4. The molecule has 4 rings (SSSR count). The molecule has 0 aliphatic carbocycles. The molecule has 0 saturated carbocycles. The predicted molar refractivity (Wildman–Crippen MR) is 98.6 cm³/mol. The van der Waals surface area contributed by atoms with E-state index < -0.39 is 0 Å². The van der Waals surface area contributed by atoms with E-state index in [0.29, 0.717) is 21.3 Å². The van der Waals surface area contributed by atoms with Crippen LogP contribution in [0.25, 0.3) is 31.6 Å². The third-order valence-corrected chi connectivity index (χ3v) is 5.05. The van der Waals surface area contributed by atoms with Crippen molar-refractivity contribution in [1.29, 1.82) is 10.5 Å². The molecule has 0 amide bonds. The lowest BCUT2D eigenvalue weighted by Crippen LogP contribution is -1.98. The van der Waals surface area contributed by atoms with E-state index in [1.165, 1.54) is 11.3 Å². The molecule has 4 aromatic rings. The smallest absolute Gasteiger partial charge is 0.143 e. The summed E-state index contributed by atoms with van der Waals surface area (Å²) in [5.74, 6) is 0.334. The Morgan fingerprint density at radius 2 is 1.72 bits per heavy atom. The Kier molecular flexibility index (Phi) is 3.24. The number of anilines is 2. The fraction of sp³-hybridized carbons (Fsp3) is 0. The van der Waals surface area contributed by atoms with Crippen LogP contribution in [-0.4, -0.2) is 9.97 Å². The molecule has 0 aliphatic rings. The van der Waals surface area contributed by atoms with Gasteiger partial charge in [0.2, 0.25) is 0 Å². The molecule has 6 nitrogen and oxygen atoms in total. The maximum absolute atomic E-state index is 9.58. The Morgan fingerprint density at radius 3 is 2.40 bits per heavy atom. The number of nitrogen functional groups attached to an aromatic ring is 2. The number of hydrogen-bond acceptors (Lipinski definition) is 7. The Labute approximate surface area is 146 Å². The maximum Gasteiger partial charge on any atom is 0.143 e. The van der Waals surface area contributed by atoms with Crippen LogP contribution in [-0.2, 0) is 0 Å². The van der Waals surface area contributed by atoms with Gasteiger partial charge in [0, 0.05) is 10.9 Å². The van der Waals surface area contributed by atoms with Gasteiger partial charge in [-0.1, -0.05) is 30.3 Å². The van der Waals surface area contributed by atoms with E-state index in [4.69, 9.17) is 11.5 Å². The van der Waals surface area contributed by atoms with Crippen LogP contribution >= 0.6 is 11.3 Å². The van der Waals surface area contributed by atoms with Gasteiger partial charge in [0.15, 0.2) is 0 Å². The third kappa shape index (κ3) is 2.15. The minimum Gasteiger partial charge on any atom is -0.383 e. The molecule has 0 radical (unpaired) electrons. The SMILES string of the molecule is N#Cc1cc2c(nc1N)sc1c(-c3ccccc3)c(C#N)c(N)nc12. The predicted octanol–water partition coefficient (Wildman–Crippen LogP) is 3.42. The summed E-state index contributed by atoms with van der Waals surface area (Å²) in [7, 11) is 0. The summed E-state index contributed by atoms with van der Waals surface area (Å²) in [6.07, 6.45) is 0. The first-order valence-electron chi connectivity index (χ1n) is 7.32. The van der Waals surface area contributed by atoms with Crippen molar-refractivity contribution in [2.45, 2.75) is 0 Å². The van der Waals surface area contributed by atoms with E-state index in [2.05, 4.69) is 16.0 Å². The number of benzene rings is 1. The van der Waals surface area contributed by atoms with Crippen molar-refractivity contribution < 1.29 is 0 Å². The van der Waals surface area contributed by atoms with Crippen LogP contribution < -0.4 is 11.5 Å². The average molecular weight is 342 g/mol. The van der Waals surface area contributed by atoms with Crippen LogP contribution in [0.1, 0.15) is 11.1 Å². The standard InChI is InChI=1S/C18H10N6S/c19-7-10-6-11-14-15(25-18(11)24-16(10)21)13(9-4-2-1-3-5-9)12(8-20)17(22)23-14/h1-6H,(H2,21,24)(H2,22,23). The molecule has 7 heteroatoms. The maximum atomic E-state index is 9.58. The van der Waals surface area contributed by atoms with Crippen LogP contribution in [0.3, 0.4) is 0 Å². The highest BCUT2D eigenvalue weighted by Crippen LogP contribution is 2.42. The van der Waals surface area contributed by atoms with Gasteiger partial charge in [-0.2, -0.15) is 10.5 Å². The fourth-order valence-electron chi connectivity index (χ4n) is 2.81. The number of rotatable bonds is 1. The molecule has 4 N–H and O–H groups in total. The van der Waals surface area contributed by atoms with E-state index in [-0.39, 0.29) is 17.2 Å². The zero-order chi connectivity index (χ0) is 17.6. The summed E-state index contributed by atoms with van der Waals surface area (Å²) in [4.78, 5) is 9.37. The van der Waals surface area contributed by atoms with Crippen LogP contribution in [0.5, 0.6) is 0 Å². The largest absolute Gasteiger partial charge is 0.383 e. The number of pyridine rings is 2. The molecular weight excluding hydrogens is 332 g/mol. The van der Waals surface area contributed by atoms with Gasteiger partial charge in [-0.05, 0) is 11.6 Å². The number of hydrogen-bond donors (Lipinski definition) is 2. The second-order valence-corrected chi connectivity index (χ2v) is 6.39. The fourth-order valence-corrected chi connectivity index (χ4v) is 3.98. The summed E-state index contributed by atoms with van der Waals surface area (Å²) < 4.78 is 0.800. The highest BCUT2D eigenvalue weighted by Gasteiger charge is 2.20. The molecule has 0 bridgehead atoms. The molecule has 0 atom stereocenters. The van der Waals surface area contributed by atoms with Crippen molar-refractivity contribution >= 4 is 43.4 Å². The van der Waals surface area contributed by atoms with E-state index in [1.807, 2.05) is 36.4 Å². The Hall–Kier alpha value is -3.68. The van der Waals surface area contributed by atoms with E-state index in [9.17, 15) is 10.5 Å². The van der Waals surface area contributed by atoms with E-state index in [1.54, 1.807) is 6.07 Å². The molecule has 0 spiro atoms. The number of aromatic nitrogens is 2. The zero-order valence-electron chi connectivity index (χ0n) is 12.8. The number of nitriles is 2. The molecule has 0 fully saturated rings. The zero-order valence-corrected chi connectivity index (χ0v) is 13.6. The molecule has 3 aromatic heterocycles. The van der Waals surface area contributed by atoms with Gasteiger partial charge in [0.05, 0.1) is 15.8 Å². The minimum absolute atomic E-state index is 0.156. The normalized spacial score (nSPS) is 10.6. The number of thiophene rings is 1. The summed E-state index contributed by atoms with van der Waals surface area (Å²) >= 11 is 1.39. The molecular formula is C18H10N6S. The first kappa shape index (κ1) is 14.9. The third-order valence-electron chi connectivity index (χ3n) is 3.95. The lowest BCUT2D eigenvalue weighted by molar-refractivity contribution is 1.38. The topological polar surface area (TPSA) is 125 Å². The van der Waals surface area contributed by atoms with Gasteiger partial charge in [0.1, 0.15) is 34.2 Å². The van der Waals surface area contributed by atoms with Crippen molar-refractivity contribution in [3.8, 4) is 23.3 Å². The van der Waals surface area contributed by atoms with Crippen molar-refractivity contribution in [3.05, 3.63) is 47.5 Å². The number of fused-ring (bicyclic) bond motifs is 3. The number of nitrogens with two attached hydrogens (primary N) is 2. The van der Waals surface area contributed by atoms with Crippen molar-refractivity contribution in [3.63, 3.8) is 0 Å². The molecule has 0 unspecified atom stereocenters. The quantitative estimate of drug-likeness (QED) is 0.546.